The van der Waals surface area contributed by atoms with E-state index in [1.54, 1.807) is 48.5 Å². The number of imide groups is 1. The van der Waals surface area contributed by atoms with Gasteiger partial charge in [0.2, 0.25) is 5.91 Å². The Morgan fingerprint density at radius 2 is 1.54 bits per heavy atom. The lowest BCUT2D eigenvalue weighted by atomic mass is 10.1. The molecule has 3 rings (SSSR count). The van der Waals surface area contributed by atoms with E-state index in [0.717, 1.165) is 10.5 Å². The average Bonchev–Trinajstić information content (AvgIpc) is 2.82. The summed E-state index contributed by atoms with van der Waals surface area (Å²) in [5.41, 5.74) is 1.63. The molecule has 24 heavy (non-hydrogen) atoms. The zero-order chi connectivity index (χ0) is 17.1. The third-order valence-electron chi connectivity index (χ3n) is 3.85. The minimum absolute atomic E-state index is 0.188. The van der Waals surface area contributed by atoms with Crippen LogP contribution < -0.4 is 5.32 Å². The fourth-order valence-corrected chi connectivity index (χ4v) is 2.59. The molecule has 1 heterocycles. The van der Waals surface area contributed by atoms with Crippen LogP contribution in [0.15, 0.2) is 48.5 Å². The molecular weight excluding hydrogens is 308 g/mol. The van der Waals surface area contributed by atoms with Gasteiger partial charge in [-0.25, -0.2) is 0 Å². The number of rotatable bonds is 5. The Hall–Kier alpha value is -3.15. The summed E-state index contributed by atoms with van der Waals surface area (Å²) >= 11 is 0. The highest BCUT2D eigenvalue weighted by Crippen LogP contribution is 2.21. The van der Waals surface area contributed by atoms with Crippen LogP contribution in [0.25, 0.3) is 0 Å². The number of phenols is 1. The number of hydrogen-bond donors (Lipinski definition) is 2. The van der Waals surface area contributed by atoms with E-state index in [1.165, 1.54) is 0 Å². The topological polar surface area (TPSA) is 86.7 Å². The molecule has 0 aromatic heterocycles. The Labute approximate surface area is 138 Å². The number of benzene rings is 2. The summed E-state index contributed by atoms with van der Waals surface area (Å²) in [6, 6.07) is 13.2. The predicted molar refractivity (Wildman–Crippen MR) is 86.6 cm³/mol. The van der Waals surface area contributed by atoms with Crippen LogP contribution in [0.3, 0.4) is 0 Å². The zero-order valence-corrected chi connectivity index (χ0v) is 12.9. The smallest absolute Gasteiger partial charge is 0.262 e. The highest BCUT2D eigenvalue weighted by Gasteiger charge is 2.36. The highest BCUT2D eigenvalue weighted by atomic mass is 16.3. The van der Waals surface area contributed by atoms with Gasteiger partial charge in [0.15, 0.2) is 0 Å². The van der Waals surface area contributed by atoms with Gasteiger partial charge in [0.1, 0.15) is 12.3 Å². The van der Waals surface area contributed by atoms with Crippen LogP contribution >= 0.6 is 0 Å². The van der Waals surface area contributed by atoms with Crippen LogP contribution in [0, 0.1) is 0 Å². The van der Waals surface area contributed by atoms with Gasteiger partial charge in [-0.3, -0.25) is 19.3 Å². The van der Waals surface area contributed by atoms with Crippen molar-refractivity contribution in [2.45, 2.75) is 6.42 Å². The van der Waals surface area contributed by atoms with Crippen LogP contribution in [0.5, 0.6) is 5.75 Å². The van der Waals surface area contributed by atoms with E-state index in [-0.39, 0.29) is 18.2 Å². The Morgan fingerprint density at radius 3 is 2.12 bits per heavy atom. The molecule has 6 heteroatoms. The lowest BCUT2D eigenvalue weighted by molar-refractivity contribution is -0.121. The molecule has 0 saturated carbocycles. The molecule has 2 aromatic rings. The number of nitrogens with zero attached hydrogens (tertiary/aromatic N) is 1. The van der Waals surface area contributed by atoms with Gasteiger partial charge in [-0.05, 0) is 36.2 Å². The minimum atomic E-state index is -0.440. The molecule has 0 spiro atoms. The molecule has 0 fully saturated rings. The first kappa shape index (κ1) is 15.7. The van der Waals surface area contributed by atoms with Gasteiger partial charge in [0.05, 0.1) is 11.1 Å². The van der Waals surface area contributed by atoms with Crippen molar-refractivity contribution in [2.24, 2.45) is 0 Å². The van der Waals surface area contributed by atoms with E-state index in [4.69, 9.17) is 0 Å². The minimum Gasteiger partial charge on any atom is -0.508 e. The standard InChI is InChI=1S/C18H16N2O4/c21-13-7-5-12(6-8-13)9-10-19-16(22)11-20-17(23)14-3-1-2-4-15(14)18(20)24/h1-8,21H,9-11H2,(H,19,22). The van der Waals surface area contributed by atoms with Crippen molar-refractivity contribution >= 4 is 17.7 Å². The van der Waals surface area contributed by atoms with E-state index in [2.05, 4.69) is 5.32 Å². The van der Waals surface area contributed by atoms with Crippen LogP contribution in [0.2, 0.25) is 0 Å². The summed E-state index contributed by atoms with van der Waals surface area (Å²) < 4.78 is 0. The van der Waals surface area contributed by atoms with Crippen LogP contribution in [0.1, 0.15) is 26.3 Å². The number of phenolic OH excluding ortho intramolecular Hbond substituents is 1. The second kappa shape index (κ2) is 6.54. The first-order valence-electron chi connectivity index (χ1n) is 7.56. The quantitative estimate of drug-likeness (QED) is 0.813. The Bertz CT molecular complexity index is 764. The summed E-state index contributed by atoms with van der Waals surface area (Å²) in [7, 11) is 0. The lowest BCUT2D eigenvalue weighted by Gasteiger charge is -2.13. The van der Waals surface area contributed by atoms with Crippen molar-refractivity contribution in [3.05, 3.63) is 65.2 Å². The first-order chi connectivity index (χ1) is 11.6. The number of fused-ring (bicyclic) bond motifs is 1. The van der Waals surface area contributed by atoms with Crippen LogP contribution in [-0.4, -0.2) is 40.8 Å². The molecule has 0 atom stereocenters. The normalized spacial score (nSPS) is 13.1. The summed E-state index contributed by atoms with van der Waals surface area (Å²) in [5.74, 6) is -1.08. The fraction of sp³-hybridized carbons (Fsp3) is 0.167. The number of amides is 3. The van der Waals surface area contributed by atoms with Crippen molar-refractivity contribution in [2.75, 3.05) is 13.1 Å². The highest BCUT2D eigenvalue weighted by molar-refractivity contribution is 6.22. The average molecular weight is 324 g/mol. The third-order valence-corrected chi connectivity index (χ3v) is 3.85. The van der Waals surface area contributed by atoms with Crippen molar-refractivity contribution in [3.8, 4) is 5.75 Å². The van der Waals surface area contributed by atoms with E-state index in [1.807, 2.05) is 0 Å². The van der Waals surface area contributed by atoms with E-state index in [9.17, 15) is 19.5 Å². The van der Waals surface area contributed by atoms with Crippen molar-refractivity contribution in [3.63, 3.8) is 0 Å². The summed E-state index contributed by atoms with van der Waals surface area (Å²) in [4.78, 5) is 37.3. The summed E-state index contributed by atoms with van der Waals surface area (Å²) in [5, 5.41) is 11.9. The van der Waals surface area contributed by atoms with Crippen molar-refractivity contribution < 1.29 is 19.5 Å². The molecule has 122 valence electrons. The number of hydrogen-bond acceptors (Lipinski definition) is 4. The molecule has 0 aliphatic carbocycles. The number of carbonyl (C=O) groups excluding carboxylic acids is 3. The van der Waals surface area contributed by atoms with Gasteiger partial charge >= 0.3 is 0 Å². The van der Waals surface area contributed by atoms with Gasteiger partial charge in [-0.1, -0.05) is 24.3 Å². The molecule has 0 unspecified atom stereocenters. The Balaban J connectivity index is 1.53. The molecule has 3 amide bonds. The summed E-state index contributed by atoms with van der Waals surface area (Å²) in [6.07, 6.45) is 0.591. The molecule has 0 radical (unpaired) electrons. The number of nitrogens with one attached hydrogen (secondary N) is 1. The predicted octanol–water partition coefficient (Wildman–Crippen LogP) is 1.35. The van der Waals surface area contributed by atoms with Crippen molar-refractivity contribution in [1.82, 2.24) is 10.2 Å². The second-order valence-corrected chi connectivity index (χ2v) is 5.51. The molecule has 1 aliphatic heterocycles. The fourth-order valence-electron chi connectivity index (χ4n) is 2.59. The first-order valence-corrected chi connectivity index (χ1v) is 7.56. The molecule has 1 aliphatic rings. The zero-order valence-electron chi connectivity index (χ0n) is 12.9. The van der Waals surface area contributed by atoms with E-state index >= 15 is 0 Å². The van der Waals surface area contributed by atoms with Crippen molar-refractivity contribution in [1.29, 1.82) is 0 Å². The van der Waals surface area contributed by atoms with Gasteiger partial charge in [-0.2, -0.15) is 0 Å². The summed E-state index contributed by atoms with van der Waals surface area (Å²) in [6.45, 7) is 0.0920. The number of carbonyl (C=O) groups is 3. The second-order valence-electron chi connectivity index (χ2n) is 5.51. The van der Waals surface area contributed by atoms with E-state index in [0.29, 0.717) is 24.1 Å². The SMILES string of the molecule is O=C(CN1C(=O)c2ccccc2C1=O)NCCc1ccc(O)cc1. The van der Waals surface area contributed by atoms with Gasteiger partial charge in [0, 0.05) is 6.54 Å². The molecule has 6 nitrogen and oxygen atoms in total. The third kappa shape index (κ3) is 3.12. The van der Waals surface area contributed by atoms with Gasteiger partial charge < -0.3 is 10.4 Å². The monoisotopic (exact) mass is 324 g/mol. The van der Waals surface area contributed by atoms with Gasteiger partial charge in [0.25, 0.3) is 11.8 Å². The van der Waals surface area contributed by atoms with Gasteiger partial charge in [-0.15, -0.1) is 0 Å². The Kier molecular flexibility index (Phi) is 4.29. The lowest BCUT2D eigenvalue weighted by Crippen LogP contribution is -2.40. The molecule has 0 saturated heterocycles. The molecule has 2 aromatic carbocycles. The maximum atomic E-state index is 12.2. The number of aromatic hydroxyl groups is 1. The molecule has 2 N–H and O–H groups in total. The van der Waals surface area contributed by atoms with E-state index < -0.39 is 11.8 Å². The largest absolute Gasteiger partial charge is 0.508 e. The maximum Gasteiger partial charge on any atom is 0.262 e. The van der Waals surface area contributed by atoms with Crippen LogP contribution in [-0.2, 0) is 11.2 Å². The molecule has 0 bridgehead atoms. The Morgan fingerprint density at radius 1 is 0.958 bits per heavy atom. The van der Waals surface area contributed by atoms with Crippen LogP contribution in [0.4, 0.5) is 0 Å². The maximum absolute atomic E-state index is 12.2. The molecular formula is C18H16N2O4.